The minimum absolute atomic E-state index is 0.0118. The molecule has 0 fully saturated rings. The Labute approximate surface area is 168 Å². The summed E-state index contributed by atoms with van der Waals surface area (Å²) in [5, 5.41) is 0. The maximum absolute atomic E-state index is 12.8. The van der Waals surface area contributed by atoms with Crippen LogP contribution in [0.3, 0.4) is 0 Å². The Morgan fingerprint density at radius 3 is 2.48 bits per heavy atom. The first-order chi connectivity index (χ1) is 13.4. The summed E-state index contributed by atoms with van der Waals surface area (Å²) in [6.07, 6.45) is -5.99. The number of sulfonamides is 1. The molecular weight excluding hydrogens is 411 g/mol. The largest absolute Gasteiger partial charge is 0.497 e. The average molecular weight is 435 g/mol. The number of rotatable bonds is 7. The predicted octanol–water partition coefficient (Wildman–Crippen LogP) is 3.66. The van der Waals surface area contributed by atoms with E-state index in [1.165, 1.54) is 20.1 Å². The summed E-state index contributed by atoms with van der Waals surface area (Å²) in [6, 6.07) is 3.58. The van der Waals surface area contributed by atoms with Crippen molar-refractivity contribution >= 4 is 16.0 Å². The highest BCUT2D eigenvalue weighted by Gasteiger charge is 2.46. The monoisotopic (exact) mass is 435 g/mol. The second-order valence-corrected chi connectivity index (χ2v) is 9.37. The zero-order valence-corrected chi connectivity index (χ0v) is 17.5. The van der Waals surface area contributed by atoms with Gasteiger partial charge in [0.1, 0.15) is 23.0 Å². The molecule has 2 rings (SSSR count). The van der Waals surface area contributed by atoms with Crippen molar-refractivity contribution < 1.29 is 35.9 Å². The minimum atomic E-state index is -4.42. The van der Waals surface area contributed by atoms with E-state index < -0.39 is 47.2 Å². The van der Waals surface area contributed by atoms with Gasteiger partial charge in [-0.05, 0) is 45.4 Å². The SMILES string of the molecule is CCS(=O)(=O)N(CCCC(F)(F)F)C1C(=C=O)C(C)(C)Oc2ccc(OC)cc21. The number of hydrogen-bond acceptors (Lipinski definition) is 5. The van der Waals surface area contributed by atoms with Crippen LogP contribution < -0.4 is 9.47 Å². The van der Waals surface area contributed by atoms with Crippen LogP contribution in [-0.2, 0) is 14.8 Å². The van der Waals surface area contributed by atoms with Crippen molar-refractivity contribution in [1.82, 2.24) is 4.31 Å². The lowest BCUT2D eigenvalue weighted by molar-refractivity contribution is -0.135. The normalized spacial score (nSPS) is 18.8. The first kappa shape index (κ1) is 23.3. The smallest absolute Gasteiger partial charge is 0.389 e. The fourth-order valence-electron chi connectivity index (χ4n) is 3.28. The van der Waals surface area contributed by atoms with Gasteiger partial charge < -0.3 is 9.47 Å². The van der Waals surface area contributed by atoms with Crippen molar-refractivity contribution in [2.45, 2.75) is 51.4 Å². The van der Waals surface area contributed by atoms with Crippen LogP contribution in [0, 0.1) is 0 Å². The molecule has 29 heavy (non-hydrogen) atoms. The molecule has 0 spiro atoms. The zero-order chi connectivity index (χ0) is 22.0. The van der Waals surface area contributed by atoms with Crippen molar-refractivity contribution in [3.8, 4) is 11.5 Å². The highest BCUT2D eigenvalue weighted by Crippen LogP contribution is 2.47. The maximum atomic E-state index is 12.8. The quantitative estimate of drug-likeness (QED) is 0.612. The Balaban J connectivity index is 2.63. The van der Waals surface area contributed by atoms with E-state index in [0.717, 1.165) is 4.31 Å². The first-order valence-electron chi connectivity index (χ1n) is 9.05. The Bertz CT molecular complexity index is 905. The molecule has 0 saturated heterocycles. The Morgan fingerprint density at radius 1 is 1.31 bits per heavy atom. The van der Waals surface area contributed by atoms with Gasteiger partial charge in [0.15, 0.2) is 0 Å². The van der Waals surface area contributed by atoms with Crippen LogP contribution in [0.5, 0.6) is 11.5 Å². The summed E-state index contributed by atoms with van der Waals surface area (Å²) in [7, 11) is -2.54. The number of nitrogens with zero attached hydrogens (tertiary/aromatic N) is 1. The maximum Gasteiger partial charge on any atom is 0.389 e. The number of methoxy groups -OCH3 is 1. The third kappa shape index (κ3) is 5.12. The summed E-state index contributed by atoms with van der Waals surface area (Å²) < 4.78 is 75.6. The lowest BCUT2D eigenvalue weighted by Crippen LogP contribution is -2.47. The molecule has 1 aromatic carbocycles. The fourth-order valence-corrected chi connectivity index (χ4v) is 4.56. The Hall–Kier alpha value is -2.03. The molecule has 0 aliphatic carbocycles. The molecule has 0 bridgehead atoms. The minimum Gasteiger partial charge on any atom is -0.497 e. The molecule has 1 heterocycles. The summed E-state index contributed by atoms with van der Waals surface area (Å²) in [5.74, 6) is 2.17. The molecule has 1 aromatic rings. The number of benzene rings is 1. The molecule has 0 amide bonds. The van der Waals surface area contributed by atoms with Gasteiger partial charge in [-0.2, -0.15) is 17.5 Å². The number of halogens is 3. The van der Waals surface area contributed by atoms with E-state index in [1.54, 1.807) is 31.9 Å². The van der Waals surface area contributed by atoms with Crippen molar-refractivity contribution in [2.75, 3.05) is 19.4 Å². The molecule has 0 N–H and O–H groups in total. The van der Waals surface area contributed by atoms with Crippen molar-refractivity contribution in [3.05, 3.63) is 29.3 Å². The van der Waals surface area contributed by atoms with Crippen LogP contribution >= 0.6 is 0 Å². The van der Waals surface area contributed by atoms with Crippen LogP contribution in [0.25, 0.3) is 0 Å². The van der Waals surface area contributed by atoms with E-state index in [0.29, 0.717) is 17.1 Å². The van der Waals surface area contributed by atoms with Crippen LogP contribution in [0.4, 0.5) is 13.2 Å². The van der Waals surface area contributed by atoms with Crippen molar-refractivity contribution in [1.29, 1.82) is 0 Å². The molecule has 1 aliphatic heterocycles. The fraction of sp³-hybridized carbons (Fsp3) is 0.579. The van der Waals surface area contributed by atoms with Gasteiger partial charge in [0.05, 0.1) is 24.5 Å². The second kappa shape index (κ2) is 8.38. The molecule has 6 nitrogen and oxygen atoms in total. The van der Waals surface area contributed by atoms with Gasteiger partial charge in [0.2, 0.25) is 10.0 Å². The molecule has 10 heteroatoms. The van der Waals surface area contributed by atoms with Crippen molar-refractivity contribution in [3.63, 3.8) is 0 Å². The third-order valence-corrected chi connectivity index (χ3v) is 6.60. The van der Waals surface area contributed by atoms with E-state index in [2.05, 4.69) is 0 Å². The standard InChI is InChI=1S/C19H24F3NO5S/c1-5-29(25,26)23(10-6-9-19(20,21)22)17-14-11-13(27-4)7-8-16(14)28-18(2,3)15(17)12-24/h7-8,11,17H,5-6,9-10H2,1-4H3. The average Bonchev–Trinajstić information content (AvgIpc) is 2.62. The molecule has 1 unspecified atom stereocenters. The molecule has 0 aromatic heterocycles. The van der Waals surface area contributed by atoms with Crippen molar-refractivity contribution in [2.24, 2.45) is 0 Å². The van der Waals surface area contributed by atoms with Gasteiger partial charge in [-0.1, -0.05) is 0 Å². The van der Waals surface area contributed by atoms with Crippen LogP contribution in [0.2, 0.25) is 0 Å². The molecule has 1 aliphatic rings. The molecule has 0 radical (unpaired) electrons. The van der Waals surface area contributed by atoms with E-state index in [1.807, 2.05) is 0 Å². The van der Waals surface area contributed by atoms with Crippen LogP contribution in [0.1, 0.15) is 45.2 Å². The van der Waals surface area contributed by atoms with E-state index in [9.17, 15) is 26.4 Å². The van der Waals surface area contributed by atoms with Crippen LogP contribution in [-0.4, -0.2) is 49.8 Å². The third-order valence-electron chi connectivity index (χ3n) is 4.76. The predicted molar refractivity (Wildman–Crippen MR) is 101 cm³/mol. The number of hydrogen-bond donors (Lipinski definition) is 0. The van der Waals surface area contributed by atoms with E-state index in [4.69, 9.17) is 9.47 Å². The highest BCUT2D eigenvalue weighted by atomic mass is 32.2. The van der Waals surface area contributed by atoms with Gasteiger partial charge >= 0.3 is 6.18 Å². The van der Waals surface area contributed by atoms with Gasteiger partial charge in [-0.15, -0.1) is 0 Å². The van der Waals surface area contributed by atoms with Gasteiger partial charge in [-0.3, -0.25) is 0 Å². The number of carbonyl (C=O) groups excluding carboxylic acids is 1. The van der Waals surface area contributed by atoms with Crippen LogP contribution in [0.15, 0.2) is 23.8 Å². The summed E-state index contributed by atoms with van der Waals surface area (Å²) >= 11 is 0. The first-order valence-corrected chi connectivity index (χ1v) is 10.7. The zero-order valence-electron chi connectivity index (χ0n) is 16.7. The molecule has 0 saturated carbocycles. The topological polar surface area (TPSA) is 72.9 Å². The lowest BCUT2D eigenvalue weighted by Gasteiger charge is -2.42. The second-order valence-electron chi connectivity index (χ2n) is 7.16. The molecular formula is C19H24F3NO5S. The number of alkyl halides is 3. The Morgan fingerprint density at radius 2 is 1.97 bits per heavy atom. The van der Waals surface area contributed by atoms with E-state index in [-0.39, 0.29) is 11.3 Å². The van der Waals surface area contributed by atoms with Gasteiger partial charge in [-0.25, -0.2) is 13.2 Å². The Kier molecular flexibility index (Phi) is 6.71. The summed E-state index contributed by atoms with van der Waals surface area (Å²) in [4.78, 5) is 11.8. The highest BCUT2D eigenvalue weighted by molar-refractivity contribution is 7.89. The lowest BCUT2D eigenvalue weighted by atomic mass is 9.84. The molecule has 1 atom stereocenters. The number of fused-ring (bicyclic) bond motifs is 1. The number of ether oxygens (including phenoxy) is 2. The summed E-state index contributed by atoms with van der Waals surface area (Å²) in [5.41, 5.74) is -0.882. The van der Waals surface area contributed by atoms with E-state index >= 15 is 0 Å². The summed E-state index contributed by atoms with van der Waals surface area (Å²) in [6.45, 7) is 4.16. The van der Waals surface area contributed by atoms with Gasteiger partial charge in [0.25, 0.3) is 0 Å². The molecule has 162 valence electrons. The van der Waals surface area contributed by atoms with Gasteiger partial charge in [0, 0.05) is 18.5 Å².